The van der Waals surface area contributed by atoms with Crippen LogP contribution < -0.4 is 10.5 Å². The molecule has 1 aromatic rings. The van der Waals surface area contributed by atoms with Crippen LogP contribution in [0.3, 0.4) is 0 Å². The molecule has 0 amide bonds. The second-order valence-electron chi connectivity index (χ2n) is 4.35. The molecule has 1 aromatic carbocycles. The topological polar surface area (TPSA) is 96.0 Å². The van der Waals surface area contributed by atoms with E-state index in [1.807, 2.05) is 6.07 Å². The van der Waals surface area contributed by atoms with Crippen LogP contribution in [0.1, 0.15) is 18.4 Å². The summed E-state index contributed by atoms with van der Waals surface area (Å²) >= 11 is 1.78. The van der Waals surface area contributed by atoms with Crippen molar-refractivity contribution in [1.82, 2.24) is 4.72 Å². The van der Waals surface area contributed by atoms with Gasteiger partial charge in [-0.2, -0.15) is 17.0 Å². The fourth-order valence-electron chi connectivity index (χ4n) is 1.96. The number of nitrogens with one attached hydrogen (secondary N) is 1. The molecule has 0 aliphatic carbocycles. The first-order chi connectivity index (χ1) is 9.03. The lowest BCUT2D eigenvalue weighted by atomic mass is 10.2. The number of nitrogens with two attached hydrogens (primary N) is 1. The van der Waals surface area contributed by atoms with Crippen LogP contribution in [-0.4, -0.2) is 26.0 Å². The van der Waals surface area contributed by atoms with Crippen molar-refractivity contribution in [1.29, 1.82) is 5.26 Å². The highest BCUT2D eigenvalue weighted by Gasteiger charge is 2.22. The molecule has 19 heavy (non-hydrogen) atoms. The van der Waals surface area contributed by atoms with Crippen LogP contribution in [0, 0.1) is 11.3 Å². The maximum absolute atomic E-state index is 12.2. The SMILES string of the molecule is N#Cc1cc(N)ccc1S(=O)(=O)NCC1CCCS1. The van der Waals surface area contributed by atoms with Gasteiger partial charge in [0.05, 0.1) is 10.5 Å². The number of nitrogen functional groups attached to an aromatic ring is 1. The van der Waals surface area contributed by atoms with Gasteiger partial charge < -0.3 is 5.73 Å². The molecule has 1 saturated heterocycles. The number of rotatable bonds is 4. The van der Waals surface area contributed by atoms with E-state index in [2.05, 4.69) is 4.72 Å². The number of nitriles is 1. The molecule has 0 spiro atoms. The standard InChI is InChI=1S/C12H15N3O2S2/c13-7-9-6-10(14)3-4-12(9)19(16,17)15-8-11-2-1-5-18-11/h3-4,6,11,15H,1-2,5,8,14H2. The van der Waals surface area contributed by atoms with Crippen molar-refractivity contribution in [3.63, 3.8) is 0 Å². The lowest BCUT2D eigenvalue weighted by Crippen LogP contribution is -2.30. The number of hydrogen-bond donors (Lipinski definition) is 2. The molecule has 0 saturated carbocycles. The van der Waals surface area contributed by atoms with Crippen LogP contribution in [0.25, 0.3) is 0 Å². The first kappa shape index (κ1) is 14.2. The van der Waals surface area contributed by atoms with Crippen LogP contribution in [-0.2, 0) is 10.0 Å². The average Bonchev–Trinajstić information content (AvgIpc) is 2.89. The van der Waals surface area contributed by atoms with Gasteiger partial charge in [0.25, 0.3) is 0 Å². The van der Waals surface area contributed by atoms with Gasteiger partial charge >= 0.3 is 0 Å². The highest BCUT2D eigenvalue weighted by molar-refractivity contribution is 8.00. The molecule has 0 radical (unpaired) electrons. The third kappa shape index (κ3) is 3.41. The van der Waals surface area contributed by atoms with Gasteiger partial charge in [-0.05, 0) is 36.8 Å². The molecule has 1 fully saturated rings. The van der Waals surface area contributed by atoms with Gasteiger partial charge in [0, 0.05) is 17.5 Å². The predicted octanol–water partition coefficient (Wildman–Crippen LogP) is 1.31. The molecule has 5 nitrogen and oxygen atoms in total. The van der Waals surface area contributed by atoms with Gasteiger partial charge in [0.2, 0.25) is 10.0 Å². The highest BCUT2D eigenvalue weighted by atomic mass is 32.2. The molecule has 0 aromatic heterocycles. The summed E-state index contributed by atoms with van der Waals surface area (Å²) in [4.78, 5) is -0.00723. The lowest BCUT2D eigenvalue weighted by molar-refractivity contribution is 0.579. The number of benzene rings is 1. The Hall–Kier alpha value is -1.23. The molecule has 0 bridgehead atoms. The van der Waals surface area contributed by atoms with Crippen LogP contribution in [0.2, 0.25) is 0 Å². The number of hydrogen-bond acceptors (Lipinski definition) is 5. The molecule has 7 heteroatoms. The molecule has 102 valence electrons. The van der Waals surface area contributed by atoms with Crippen LogP contribution in [0.4, 0.5) is 5.69 Å². The molecule has 1 heterocycles. The monoisotopic (exact) mass is 297 g/mol. The van der Waals surface area contributed by atoms with Gasteiger partial charge in [-0.3, -0.25) is 0 Å². The number of anilines is 1. The van der Waals surface area contributed by atoms with E-state index in [0.29, 0.717) is 17.5 Å². The van der Waals surface area contributed by atoms with Gasteiger partial charge in [-0.15, -0.1) is 0 Å². The quantitative estimate of drug-likeness (QED) is 0.817. The molecule has 1 unspecified atom stereocenters. The zero-order valence-corrected chi connectivity index (χ0v) is 11.9. The van der Waals surface area contributed by atoms with Crippen molar-refractivity contribution in [2.45, 2.75) is 23.0 Å². The molecule has 1 aliphatic heterocycles. The van der Waals surface area contributed by atoms with E-state index in [-0.39, 0.29) is 10.5 Å². The van der Waals surface area contributed by atoms with Crippen molar-refractivity contribution >= 4 is 27.5 Å². The van der Waals surface area contributed by atoms with Crippen molar-refractivity contribution in [2.75, 3.05) is 18.0 Å². The average molecular weight is 297 g/mol. The minimum atomic E-state index is -3.65. The fourth-order valence-corrected chi connectivity index (χ4v) is 4.48. The van der Waals surface area contributed by atoms with Gasteiger partial charge in [0.15, 0.2) is 0 Å². The normalized spacial score (nSPS) is 19.2. The fraction of sp³-hybridized carbons (Fsp3) is 0.417. The minimum Gasteiger partial charge on any atom is -0.399 e. The second-order valence-corrected chi connectivity index (χ2v) is 7.50. The van der Waals surface area contributed by atoms with Crippen LogP contribution in [0.5, 0.6) is 0 Å². The molecule has 1 atom stereocenters. The number of sulfonamides is 1. The lowest BCUT2D eigenvalue weighted by Gasteiger charge is -2.12. The summed E-state index contributed by atoms with van der Waals surface area (Å²) in [6.45, 7) is 0.405. The molecular formula is C12H15N3O2S2. The van der Waals surface area contributed by atoms with Crippen molar-refractivity contribution < 1.29 is 8.42 Å². The van der Waals surface area contributed by atoms with Gasteiger partial charge in [-0.25, -0.2) is 13.1 Å². The molecule has 2 rings (SSSR count). The summed E-state index contributed by atoms with van der Waals surface area (Å²) in [5, 5.41) is 9.31. The van der Waals surface area contributed by atoms with Crippen LogP contribution >= 0.6 is 11.8 Å². The molecule has 3 N–H and O–H groups in total. The Morgan fingerprint density at radius 1 is 1.53 bits per heavy atom. The first-order valence-electron chi connectivity index (χ1n) is 5.94. The summed E-state index contributed by atoms with van der Waals surface area (Å²) in [5.41, 5.74) is 6.00. The summed E-state index contributed by atoms with van der Waals surface area (Å²) in [7, 11) is -3.65. The Morgan fingerprint density at radius 2 is 2.32 bits per heavy atom. The Balaban J connectivity index is 2.17. The smallest absolute Gasteiger partial charge is 0.241 e. The van der Waals surface area contributed by atoms with Gasteiger partial charge in [0.1, 0.15) is 6.07 Å². The van der Waals surface area contributed by atoms with E-state index in [4.69, 9.17) is 11.0 Å². The second kappa shape index (κ2) is 5.82. The minimum absolute atomic E-state index is 0.00723. The van der Waals surface area contributed by atoms with E-state index in [0.717, 1.165) is 18.6 Å². The van der Waals surface area contributed by atoms with E-state index in [1.54, 1.807) is 11.8 Å². The number of nitrogens with zero attached hydrogens (tertiary/aromatic N) is 1. The summed E-state index contributed by atoms with van der Waals surface area (Å²) in [6, 6.07) is 6.10. The summed E-state index contributed by atoms with van der Waals surface area (Å²) in [5.74, 6) is 1.08. The van der Waals surface area contributed by atoms with Gasteiger partial charge in [-0.1, -0.05) is 0 Å². The maximum Gasteiger partial charge on any atom is 0.241 e. The van der Waals surface area contributed by atoms with Crippen LogP contribution in [0.15, 0.2) is 23.1 Å². The Bertz CT molecular complexity index is 602. The van der Waals surface area contributed by atoms with E-state index >= 15 is 0 Å². The van der Waals surface area contributed by atoms with Crippen molar-refractivity contribution in [2.24, 2.45) is 0 Å². The maximum atomic E-state index is 12.2. The van der Waals surface area contributed by atoms with Crippen molar-refractivity contribution in [3.05, 3.63) is 23.8 Å². The van der Waals surface area contributed by atoms with E-state index in [1.165, 1.54) is 18.2 Å². The first-order valence-corrected chi connectivity index (χ1v) is 8.47. The molecule has 1 aliphatic rings. The Labute approximate surface area is 117 Å². The third-order valence-electron chi connectivity index (χ3n) is 2.94. The zero-order chi connectivity index (χ0) is 13.9. The van der Waals surface area contributed by atoms with Crippen molar-refractivity contribution in [3.8, 4) is 6.07 Å². The highest BCUT2D eigenvalue weighted by Crippen LogP contribution is 2.26. The summed E-state index contributed by atoms with van der Waals surface area (Å²) < 4.78 is 26.9. The molecular weight excluding hydrogens is 282 g/mol. The van der Waals surface area contributed by atoms with E-state index < -0.39 is 10.0 Å². The van der Waals surface area contributed by atoms with E-state index in [9.17, 15) is 8.42 Å². The number of thioether (sulfide) groups is 1. The Kier molecular flexibility index (Phi) is 4.34. The zero-order valence-electron chi connectivity index (χ0n) is 10.3. The Morgan fingerprint density at radius 3 is 2.95 bits per heavy atom. The summed E-state index contributed by atoms with van der Waals surface area (Å²) in [6.07, 6.45) is 2.16. The third-order valence-corrected chi connectivity index (χ3v) is 5.82. The largest absolute Gasteiger partial charge is 0.399 e. The predicted molar refractivity (Wildman–Crippen MR) is 76.2 cm³/mol.